The molecular weight excluding hydrogens is 523 g/mol. The van der Waals surface area contributed by atoms with Crippen LogP contribution in [0.1, 0.15) is 68.5 Å². The highest BCUT2D eigenvalue weighted by atomic mass is 35.5. The van der Waals surface area contributed by atoms with Gasteiger partial charge in [0.1, 0.15) is 17.1 Å². The second-order valence-electron chi connectivity index (χ2n) is 10.3. The van der Waals surface area contributed by atoms with E-state index in [9.17, 15) is 13.2 Å². The average Bonchev–Trinajstić information content (AvgIpc) is 3.60. The van der Waals surface area contributed by atoms with Crippen molar-refractivity contribution in [3.63, 3.8) is 0 Å². The van der Waals surface area contributed by atoms with Crippen LogP contribution in [0.4, 0.5) is 5.69 Å². The summed E-state index contributed by atoms with van der Waals surface area (Å²) in [6.07, 6.45) is 6.79. The zero-order valence-corrected chi connectivity index (χ0v) is 22.6. The van der Waals surface area contributed by atoms with E-state index in [2.05, 4.69) is 10.0 Å². The quantitative estimate of drug-likeness (QED) is 0.430. The van der Waals surface area contributed by atoms with Crippen molar-refractivity contribution in [3.05, 3.63) is 51.5 Å². The van der Waals surface area contributed by atoms with Crippen LogP contribution in [0.15, 0.2) is 30.3 Å². The summed E-state index contributed by atoms with van der Waals surface area (Å²) in [5.41, 5.74) is 1.39. The van der Waals surface area contributed by atoms with Crippen molar-refractivity contribution in [1.29, 1.82) is 0 Å². The Balaban J connectivity index is 1.43. The lowest BCUT2D eigenvalue weighted by atomic mass is 9.73. The molecule has 2 atom stereocenters. The molecule has 2 aromatic carbocycles. The van der Waals surface area contributed by atoms with Crippen LogP contribution in [0.5, 0.6) is 11.5 Å². The summed E-state index contributed by atoms with van der Waals surface area (Å²) in [5.74, 6) is 0.634. The third-order valence-corrected chi connectivity index (χ3v) is 8.34. The van der Waals surface area contributed by atoms with Crippen LogP contribution in [-0.4, -0.2) is 32.8 Å². The lowest BCUT2D eigenvalue weighted by Crippen LogP contribution is -2.50. The number of rotatable bonds is 8. The lowest BCUT2D eigenvalue weighted by molar-refractivity contribution is -0.124. The summed E-state index contributed by atoms with van der Waals surface area (Å²) in [6, 6.07) is 8.32. The number of amides is 1. The van der Waals surface area contributed by atoms with E-state index in [1.165, 1.54) is 0 Å². The fraction of sp³-hybridized carbons (Fsp3) is 0.500. The molecule has 7 nitrogen and oxygen atoms in total. The Hall–Kier alpha value is -2.16. The van der Waals surface area contributed by atoms with Gasteiger partial charge in [0.25, 0.3) is 0 Å². The Morgan fingerprint density at radius 3 is 2.64 bits per heavy atom. The Labute approximate surface area is 221 Å². The predicted octanol–water partition coefficient (Wildman–Crippen LogP) is 5.82. The summed E-state index contributed by atoms with van der Waals surface area (Å²) in [6.45, 7) is 2.28. The van der Waals surface area contributed by atoms with Crippen molar-refractivity contribution >= 4 is 44.8 Å². The number of halogens is 2. The molecule has 0 radical (unpaired) electrons. The van der Waals surface area contributed by atoms with Gasteiger partial charge in [0.05, 0.1) is 35.5 Å². The first-order valence-electron chi connectivity index (χ1n) is 12.3. The van der Waals surface area contributed by atoms with E-state index in [4.69, 9.17) is 32.7 Å². The maximum absolute atomic E-state index is 13.6. The van der Waals surface area contributed by atoms with Gasteiger partial charge in [-0.3, -0.25) is 9.52 Å². The first-order chi connectivity index (χ1) is 17.0. The molecule has 2 aromatic rings. The molecule has 36 heavy (non-hydrogen) atoms. The molecule has 2 saturated carbocycles. The number of carbonyl (C=O) groups excluding carboxylic acids is 1. The lowest BCUT2D eigenvalue weighted by Gasteiger charge is -2.48. The highest BCUT2D eigenvalue weighted by Crippen LogP contribution is 2.52. The second kappa shape index (κ2) is 9.62. The number of fused-ring (bicyclic) bond motifs is 1. The summed E-state index contributed by atoms with van der Waals surface area (Å²) < 4.78 is 38.9. The van der Waals surface area contributed by atoms with Gasteiger partial charge < -0.3 is 14.8 Å². The highest BCUT2D eigenvalue weighted by molar-refractivity contribution is 7.92. The molecular formula is C26H30Cl2N2O5S. The van der Waals surface area contributed by atoms with Crippen molar-refractivity contribution in [2.45, 2.75) is 63.0 Å². The standard InChI is InChI=1S/C26H30Cl2N2O5S/c1-15(18-5-3-6-21(30-36(2,32)33)24(18)34-14-16-7-8-16)25(31)29-22-13-26(9-4-10-26)35-23-19(22)11-17(27)12-20(23)28/h3,5-6,11-12,15-16,22,30H,4,7-10,13-14H2,1-2H3,(H,29,31). The molecule has 2 fully saturated rings. The van der Waals surface area contributed by atoms with Gasteiger partial charge in [-0.15, -0.1) is 0 Å². The molecule has 0 aromatic heterocycles. The molecule has 0 saturated heterocycles. The number of sulfonamides is 1. The normalized spacial score (nSPS) is 21.1. The summed E-state index contributed by atoms with van der Waals surface area (Å²) >= 11 is 12.8. The van der Waals surface area contributed by atoms with Gasteiger partial charge >= 0.3 is 0 Å². The van der Waals surface area contributed by atoms with Crippen LogP contribution >= 0.6 is 23.2 Å². The number of para-hydroxylation sites is 1. The Morgan fingerprint density at radius 2 is 2.00 bits per heavy atom. The Kier molecular flexibility index (Phi) is 6.81. The monoisotopic (exact) mass is 552 g/mol. The van der Waals surface area contributed by atoms with Crippen molar-refractivity contribution in [3.8, 4) is 11.5 Å². The first kappa shape index (κ1) is 25.5. The minimum atomic E-state index is -3.53. The predicted molar refractivity (Wildman–Crippen MR) is 141 cm³/mol. The largest absolute Gasteiger partial charge is 0.491 e. The van der Waals surface area contributed by atoms with Gasteiger partial charge in [-0.1, -0.05) is 35.3 Å². The van der Waals surface area contributed by atoms with Crippen LogP contribution in [0.2, 0.25) is 10.0 Å². The third kappa shape index (κ3) is 5.41. The van der Waals surface area contributed by atoms with E-state index >= 15 is 0 Å². The van der Waals surface area contributed by atoms with Crippen molar-refractivity contribution < 1.29 is 22.7 Å². The molecule has 2 aliphatic carbocycles. The second-order valence-corrected chi connectivity index (χ2v) is 12.9. The van der Waals surface area contributed by atoms with E-state index in [0.29, 0.717) is 51.7 Å². The molecule has 0 bridgehead atoms. The SMILES string of the molecule is CC(C(=O)NC1CC2(CCC2)Oc2c(Cl)cc(Cl)cc21)c1cccc(NS(C)(=O)=O)c1OCC1CC1. The van der Waals surface area contributed by atoms with Gasteiger partial charge in [-0.2, -0.15) is 0 Å². The number of nitrogens with one attached hydrogen (secondary N) is 2. The van der Waals surface area contributed by atoms with E-state index < -0.39 is 15.9 Å². The minimum Gasteiger partial charge on any atom is -0.491 e. The van der Waals surface area contributed by atoms with Crippen LogP contribution in [0.25, 0.3) is 0 Å². The van der Waals surface area contributed by atoms with E-state index in [0.717, 1.165) is 43.9 Å². The van der Waals surface area contributed by atoms with E-state index in [1.807, 2.05) is 0 Å². The van der Waals surface area contributed by atoms with Gasteiger partial charge in [0.2, 0.25) is 15.9 Å². The molecule has 1 spiro atoms. The van der Waals surface area contributed by atoms with Crippen molar-refractivity contribution in [1.82, 2.24) is 5.32 Å². The van der Waals surface area contributed by atoms with Crippen LogP contribution in [-0.2, 0) is 14.8 Å². The molecule has 1 aliphatic heterocycles. The minimum absolute atomic E-state index is 0.203. The summed E-state index contributed by atoms with van der Waals surface area (Å²) in [5, 5.41) is 4.11. The number of benzene rings is 2. The molecule has 10 heteroatoms. The zero-order chi connectivity index (χ0) is 25.7. The molecule has 1 heterocycles. The van der Waals surface area contributed by atoms with Gasteiger partial charge in [0.15, 0.2) is 0 Å². The summed E-state index contributed by atoms with van der Waals surface area (Å²) in [7, 11) is -3.53. The van der Waals surface area contributed by atoms with Crippen LogP contribution in [0.3, 0.4) is 0 Å². The third-order valence-electron chi connectivity index (χ3n) is 7.25. The Bertz CT molecular complexity index is 1290. The first-order valence-corrected chi connectivity index (χ1v) is 14.9. The topological polar surface area (TPSA) is 93.7 Å². The highest BCUT2D eigenvalue weighted by Gasteiger charge is 2.47. The van der Waals surface area contributed by atoms with Crippen molar-refractivity contribution in [2.75, 3.05) is 17.6 Å². The van der Waals surface area contributed by atoms with E-state index in [-0.39, 0.29) is 17.6 Å². The van der Waals surface area contributed by atoms with Gasteiger partial charge in [0, 0.05) is 22.6 Å². The van der Waals surface area contributed by atoms with Crippen LogP contribution in [0, 0.1) is 5.92 Å². The fourth-order valence-electron chi connectivity index (χ4n) is 4.95. The number of ether oxygens (including phenoxy) is 2. The smallest absolute Gasteiger partial charge is 0.229 e. The fourth-order valence-corrected chi connectivity index (χ4v) is 6.06. The molecule has 1 amide bonds. The number of anilines is 1. The zero-order valence-electron chi connectivity index (χ0n) is 20.3. The number of carbonyl (C=O) groups is 1. The number of hydrogen-bond acceptors (Lipinski definition) is 5. The number of hydrogen-bond donors (Lipinski definition) is 2. The van der Waals surface area contributed by atoms with E-state index in [1.54, 1.807) is 37.3 Å². The molecule has 2 N–H and O–H groups in total. The molecule has 3 aliphatic rings. The maximum atomic E-state index is 13.6. The molecule has 5 rings (SSSR count). The average molecular weight is 554 g/mol. The van der Waals surface area contributed by atoms with Crippen molar-refractivity contribution in [2.24, 2.45) is 5.92 Å². The molecule has 194 valence electrons. The Morgan fingerprint density at radius 1 is 1.25 bits per heavy atom. The van der Waals surface area contributed by atoms with Gasteiger partial charge in [-0.05, 0) is 63.1 Å². The summed E-state index contributed by atoms with van der Waals surface area (Å²) in [4.78, 5) is 13.6. The van der Waals surface area contributed by atoms with Crippen LogP contribution < -0.4 is 19.5 Å². The molecule has 2 unspecified atom stereocenters. The van der Waals surface area contributed by atoms with Gasteiger partial charge in [-0.25, -0.2) is 8.42 Å². The maximum Gasteiger partial charge on any atom is 0.229 e.